The molecule has 128 valence electrons. The van der Waals surface area contributed by atoms with Crippen LogP contribution in [0.25, 0.3) is 10.9 Å². The van der Waals surface area contributed by atoms with E-state index >= 15 is 0 Å². The fraction of sp³-hybridized carbons (Fsp3) is 0.500. The lowest BCUT2D eigenvalue weighted by Gasteiger charge is -2.25. The molecular weight excluding hydrogens is 306 g/mol. The van der Waals surface area contributed by atoms with E-state index < -0.39 is 5.97 Å². The Kier molecular flexibility index (Phi) is 4.55. The van der Waals surface area contributed by atoms with E-state index in [0.29, 0.717) is 31.7 Å². The van der Waals surface area contributed by atoms with Gasteiger partial charge in [0.15, 0.2) is 0 Å². The molecule has 6 heteroatoms. The Morgan fingerprint density at radius 1 is 1.21 bits per heavy atom. The summed E-state index contributed by atoms with van der Waals surface area (Å²) in [7, 11) is 0. The average Bonchev–Trinajstić information content (AvgIpc) is 2.98. The largest absolute Gasteiger partial charge is 0.481 e. The number of nitrogens with zero attached hydrogens (tertiary/aromatic N) is 2. The van der Waals surface area contributed by atoms with E-state index in [-0.39, 0.29) is 17.7 Å². The van der Waals surface area contributed by atoms with Crippen LogP contribution in [-0.2, 0) is 9.59 Å². The summed E-state index contributed by atoms with van der Waals surface area (Å²) >= 11 is 0. The van der Waals surface area contributed by atoms with E-state index in [1.54, 1.807) is 0 Å². The number of aliphatic carboxylic acids is 1. The highest BCUT2D eigenvalue weighted by molar-refractivity contribution is 5.95. The van der Waals surface area contributed by atoms with Crippen molar-refractivity contribution in [3.05, 3.63) is 24.4 Å². The predicted octanol–water partition coefficient (Wildman–Crippen LogP) is 3.45. The Balaban J connectivity index is 1.66. The van der Waals surface area contributed by atoms with Crippen molar-refractivity contribution in [3.8, 4) is 0 Å². The zero-order valence-electron chi connectivity index (χ0n) is 14.0. The molecule has 1 aliphatic rings. The molecule has 1 heterocycles. The number of fused-ring (bicyclic) bond motifs is 1. The van der Waals surface area contributed by atoms with Crippen LogP contribution in [0.1, 0.15) is 45.6 Å². The van der Waals surface area contributed by atoms with Crippen LogP contribution in [0.2, 0.25) is 0 Å². The number of rotatable bonds is 4. The van der Waals surface area contributed by atoms with Gasteiger partial charge in [-0.1, -0.05) is 0 Å². The van der Waals surface area contributed by atoms with Gasteiger partial charge in [0, 0.05) is 29.2 Å². The Hall–Kier alpha value is -2.37. The highest BCUT2D eigenvalue weighted by atomic mass is 16.4. The highest BCUT2D eigenvalue weighted by Gasteiger charge is 2.29. The second-order valence-corrected chi connectivity index (χ2v) is 6.85. The third kappa shape index (κ3) is 3.42. The second kappa shape index (κ2) is 6.63. The number of anilines is 1. The number of benzene rings is 1. The molecule has 1 aromatic heterocycles. The molecule has 1 amide bonds. The summed E-state index contributed by atoms with van der Waals surface area (Å²) in [6.45, 7) is 4.14. The molecule has 1 aliphatic carbocycles. The van der Waals surface area contributed by atoms with Crippen molar-refractivity contribution in [1.29, 1.82) is 0 Å². The molecule has 2 aromatic rings. The summed E-state index contributed by atoms with van der Waals surface area (Å²) in [5, 5.41) is 17.5. The van der Waals surface area contributed by atoms with E-state index in [1.165, 1.54) is 0 Å². The van der Waals surface area contributed by atoms with E-state index in [1.807, 2.05) is 29.1 Å². The lowest BCUT2D eigenvalue weighted by molar-refractivity contribution is -0.143. The molecule has 0 spiro atoms. The Bertz CT molecular complexity index is 758. The fourth-order valence-corrected chi connectivity index (χ4v) is 3.23. The van der Waals surface area contributed by atoms with Crippen LogP contribution in [0.3, 0.4) is 0 Å². The monoisotopic (exact) mass is 329 g/mol. The van der Waals surface area contributed by atoms with Crippen molar-refractivity contribution in [3.63, 3.8) is 0 Å². The van der Waals surface area contributed by atoms with E-state index in [4.69, 9.17) is 5.11 Å². The molecular formula is C18H23N3O3. The fourth-order valence-electron chi connectivity index (χ4n) is 3.23. The third-order valence-electron chi connectivity index (χ3n) is 4.77. The number of carboxylic acid groups (broad SMARTS) is 1. The van der Waals surface area contributed by atoms with Crippen molar-refractivity contribution in [2.45, 2.75) is 45.6 Å². The first-order chi connectivity index (χ1) is 11.4. The normalized spacial score (nSPS) is 21.1. The molecule has 1 aromatic carbocycles. The average molecular weight is 329 g/mol. The molecule has 3 rings (SSSR count). The SMILES string of the molecule is CC(C)n1cc2cc(NC(=O)C3CCC(C(=O)O)CC3)ccc2n1. The molecule has 0 bridgehead atoms. The van der Waals surface area contributed by atoms with Gasteiger partial charge in [0.2, 0.25) is 5.91 Å². The maximum atomic E-state index is 12.4. The van der Waals surface area contributed by atoms with Crippen LogP contribution in [0, 0.1) is 11.8 Å². The quantitative estimate of drug-likeness (QED) is 0.900. The summed E-state index contributed by atoms with van der Waals surface area (Å²) in [5.41, 5.74) is 1.67. The topological polar surface area (TPSA) is 84.2 Å². The number of hydrogen-bond donors (Lipinski definition) is 2. The van der Waals surface area contributed by atoms with Gasteiger partial charge in [-0.05, 0) is 57.7 Å². The third-order valence-corrected chi connectivity index (χ3v) is 4.77. The van der Waals surface area contributed by atoms with Gasteiger partial charge >= 0.3 is 5.97 Å². The molecule has 2 N–H and O–H groups in total. The molecule has 1 saturated carbocycles. The molecule has 24 heavy (non-hydrogen) atoms. The molecule has 0 unspecified atom stereocenters. The van der Waals surface area contributed by atoms with Crippen LogP contribution < -0.4 is 5.32 Å². The molecule has 6 nitrogen and oxygen atoms in total. The highest BCUT2D eigenvalue weighted by Crippen LogP contribution is 2.30. The van der Waals surface area contributed by atoms with Gasteiger partial charge in [-0.25, -0.2) is 0 Å². The Morgan fingerprint density at radius 2 is 1.88 bits per heavy atom. The minimum atomic E-state index is -0.749. The maximum absolute atomic E-state index is 12.4. The van der Waals surface area contributed by atoms with Crippen molar-refractivity contribution in [2.75, 3.05) is 5.32 Å². The molecule has 0 aliphatic heterocycles. The van der Waals surface area contributed by atoms with Crippen molar-refractivity contribution >= 4 is 28.5 Å². The summed E-state index contributed by atoms with van der Waals surface area (Å²) in [6, 6.07) is 5.99. The van der Waals surface area contributed by atoms with Crippen LogP contribution in [0.5, 0.6) is 0 Å². The summed E-state index contributed by atoms with van der Waals surface area (Å²) < 4.78 is 1.91. The number of carbonyl (C=O) groups is 2. The van der Waals surface area contributed by atoms with Gasteiger partial charge in [0.05, 0.1) is 11.4 Å². The number of amides is 1. The first kappa shape index (κ1) is 16.5. The maximum Gasteiger partial charge on any atom is 0.306 e. The van der Waals surface area contributed by atoms with E-state index in [0.717, 1.165) is 16.6 Å². The first-order valence-corrected chi connectivity index (χ1v) is 8.46. The number of carbonyl (C=O) groups excluding carboxylic acids is 1. The zero-order chi connectivity index (χ0) is 17.3. The van der Waals surface area contributed by atoms with Crippen LogP contribution >= 0.6 is 0 Å². The van der Waals surface area contributed by atoms with Crippen LogP contribution in [-0.4, -0.2) is 26.8 Å². The van der Waals surface area contributed by atoms with Gasteiger partial charge < -0.3 is 10.4 Å². The lowest BCUT2D eigenvalue weighted by atomic mass is 9.81. The van der Waals surface area contributed by atoms with Gasteiger partial charge in [0.1, 0.15) is 0 Å². The smallest absolute Gasteiger partial charge is 0.306 e. The minimum Gasteiger partial charge on any atom is -0.481 e. The number of nitrogens with one attached hydrogen (secondary N) is 1. The number of aromatic nitrogens is 2. The second-order valence-electron chi connectivity index (χ2n) is 6.85. The zero-order valence-corrected chi connectivity index (χ0v) is 14.0. The van der Waals surface area contributed by atoms with Gasteiger partial charge in [-0.3, -0.25) is 14.3 Å². The summed E-state index contributed by atoms with van der Waals surface area (Å²) in [6.07, 6.45) is 4.40. The molecule has 0 atom stereocenters. The summed E-state index contributed by atoms with van der Waals surface area (Å²) in [5.74, 6) is -1.17. The summed E-state index contributed by atoms with van der Waals surface area (Å²) in [4.78, 5) is 23.4. The van der Waals surface area contributed by atoms with E-state index in [9.17, 15) is 9.59 Å². The number of carboxylic acids is 1. The lowest BCUT2D eigenvalue weighted by Crippen LogP contribution is -2.29. The van der Waals surface area contributed by atoms with Gasteiger partial charge in [-0.15, -0.1) is 0 Å². The number of hydrogen-bond acceptors (Lipinski definition) is 3. The van der Waals surface area contributed by atoms with Gasteiger partial charge in [-0.2, -0.15) is 5.10 Å². The van der Waals surface area contributed by atoms with Gasteiger partial charge in [0.25, 0.3) is 0 Å². The predicted molar refractivity (Wildman–Crippen MR) is 91.8 cm³/mol. The molecule has 0 radical (unpaired) electrons. The van der Waals surface area contributed by atoms with Crippen molar-refractivity contribution in [1.82, 2.24) is 9.78 Å². The minimum absolute atomic E-state index is 0.0190. The molecule has 1 fully saturated rings. The van der Waals surface area contributed by atoms with Crippen molar-refractivity contribution in [2.24, 2.45) is 11.8 Å². The Morgan fingerprint density at radius 3 is 2.50 bits per heavy atom. The Labute approximate surface area is 140 Å². The standard InChI is InChI=1S/C18H23N3O3/c1-11(2)21-10-14-9-15(7-8-16(14)20-21)19-17(22)12-3-5-13(6-4-12)18(23)24/h7-13H,3-6H2,1-2H3,(H,19,22)(H,23,24). The van der Waals surface area contributed by atoms with Crippen LogP contribution in [0.4, 0.5) is 5.69 Å². The molecule has 0 saturated heterocycles. The van der Waals surface area contributed by atoms with Crippen LogP contribution in [0.15, 0.2) is 24.4 Å². The first-order valence-electron chi connectivity index (χ1n) is 8.46. The van der Waals surface area contributed by atoms with Crippen molar-refractivity contribution < 1.29 is 14.7 Å². The van der Waals surface area contributed by atoms with E-state index in [2.05, 4.69) is 24.3 Å².